The van der Waals surface area contributed by atoms with E-state index in [-0.39, 0.29) is 11.9 Å². The number of carbonyl (C=O) groups is 3. The van der Waals surface area contributed by atoms with Gasteiger partial charge in [-0.15, -0.1) is 0 Å². The fraction of sp³-hybridized carbons (Fsp3) is 0.842. The summed E-state index contributed by atoms with van der Waals surface area (Å²) in [5.41, 5.74) is -0.653. The van der Waals surface area contributed by atoms with Crippen molar-refractivity contribution in [1.29, 1.82) is 0 Å². The largest absolute Gasteiger partial charge is 0.480 e. The molecule has 26 heavy (non-hydrogen) atoms. The van der Waals surface area contributed by atoms with Crippen LogP contribution in [0.5, 0.6) is 0 Å². The predicted octanol–water partition coefficient (Wildman–Crippen LogP) is 2.92. The van der Waals surface area contributed by atoms with Gasteiger partial charge in [0, 0.05) is 6.04 Å². The summed E-state index contributed by atoms with van der Waals surface area (Å²) in [5.74, 6) is -0.818. The highest BCUT2D eigenvalue weighted by atomic mass is 16.6. The van der Waals surface area contributed by atoms with Crippen molar-refractivity contribution in [3.63, 3.8) is 0 Å². The summed E-state index contributed by atoms with van der Waals surface area (Å²) < 4.78 is 5.28. The number of rotatable bonds is 4. The lowest BCUT2D eigenvalue weighted by atomic mass is 9.86. The van der Waals surface area contributed by atoms with Gasteiger partial charge in [-0.05, 0) is 58.8 Å². The van der Waals surface area contributed by atoms with Crippen molar-refractivity contribution >= 4 is 18.0 Å². The molecule has 4 atom stereocenters. The molecule has 0 saturated carbocycles. The number of ether oxygens (including phenoxy) is 1. The van der Waals surface area contributed by atoms with Gasteiger partial charge in [0.1, 0.15) is 17.7 Å². The molecular formula is C19H32N2O5. The Morgan fingerprint density at radius 3 is 2.50 bits per heavy atom. The van der Waals surface area contributed by atoms with Crippen molar-refractivity contribution in [3.8, 4) is 0 Å². The molecule has 0 spiro atoms. The summed E-state index contributed by atoms with van der Waals surface area (Å²) in [6, 6.07) is -1.58. The van der Waals surface area contributed by atoms with Crippen LogP contribution in [0.4, 0.5) is 4.79 Å². The van der Waals surface area contributed by atoms with Crippen molar-refractivity contribution in [2.75, 3.05) is 0 Å². The van der Waals surface area contributed by atoms with Gasteiger partial charge in [0.25, 0.3) is 0 Å². The zero-order valence-corrected chi connectivity index (χ0v) is 16.3. The number of hydrogen-bond donors (Lipinski definition) is 2. The van der Waals surface area contributed by atoms with E-state index in [1.54, 1.807) is 20.8 Å². The summed E-state index contributed by atoms with van der Waals surface area (Å²) >= 11 is 0. The molecule has 2 N–H and O–H groups in total. The molecule has 2 heterocycles. The third kappa shape index (κ3) is 5.11. The van der Waals surface area contributed by atoms with Crippen LogP contribution in [0.25, 0.3) is 0 Å². The van der Waals surface area contributed by atoms with Crippen LogP contribution < -0.4 is 5.32 Å². The Hall–Kier alpha value is -1.79. The molecule has 2 aliphatic rings. The molecule has 0 aromatic carbocycles. The number of nitrogens with zero attached hydrogens (tertiary/aromatic N) is 1. The number of amides is 2. The Bertz CT molecular complexity index is 543. The molecule has 0 bridgehead atoms. The number of nitrogens with one attached hydrogen (secondary N) is 1. The number of alkyl carbamates (subject to hydrolysis) is 1. The predicted molar refractivity (Wildman–Crippen MR) is 96.7 cm³/mol. The van der Waals surface area contributed by atoms with Gasteiger partial charge in [0.2, 0.25) is 5.91 Å². The third-order valence-corrected chi connectivity index (χ3v) is 5.20. The van der Waals surface area contributed by atoms with Crippen molar-refractivity contribution in [1.82, 2.24) is 10.2 Å². The number of carbonyl (C=O) groups excluding carboxylic acids is 2. The summed E-state index contributed by atoms with van der Waals surface area (Å²) in [7, 11) is 0. The molecule has 2 saturated heterocycles. The van der Waals surface area contributed by atoms with Crippen LogP contribution in [0.15, 0.2) is 0 Å². The van der Waals surface area contributed by atoms with Gasteiger partial charge < -0.3 is 20.1 Å². The Labute approximate surface area is 155 Å². The van der Waals surface area contributed by atoms with Gasteiger partial charge in [-0.2, -0.15) is 0 Å². The fourth-order valence-electron chi connectivity index (χ4n) is 4.15. The minimum atomic E-state index is -0.968. The second-order valence-corrected chi connectivity index (χ2v) is 8.50. The van der Waals surface area contributed by atoms with Crippen LogP contribution >= 0.6 is 0 Å². The molecule has 0 aliphatic carbocycles. The van der Waals surface area contributed by atoms with Crippen LogP contribution in [0.3, 0.4) is 0 Å². The van der Waals surface area contributed by atoms with E-state index in [0.29, 0.717) is 25.2 Å². The molecule has 2 aliphatic heterocycles. The summed E-state index contributed by atoms with van der Waals surface area (Å²) in [5, 5.41) is 12.2. The molecule has 0 unspecified atom stereocenters. The molecule has 7 heteroatoms. The normalized spacial score (nSPS) is 29.5. The minimum absolute atomic E-state index is 0.0524. The maximum Gasteiger partial charge on any atom is 0.408 e. The molecule has 2 amide bonds. The van der Waals surface area contributed by atoms with E-state index >= 15 is 0 Å². The van der Waals surface area contributed by atoms with E-state index in [0.717, 1.165) is 25.7 Å². The summed E-state index contributed by atoms with van der Waals surface area (Å²) in [6.07, 6.45) is 4.87. The fourth-order valence-corrected chi connectivity index (χ4v) is 4.15. The highest BCUT2D eigenvalue weighted by molar-refractivity contribution is 5.90. The Morgan fingerprint density at radius 1 is 1.23 bits per heavy atom. The van der Waals surface area contributed by atoms with Crippen molar-refractivity contribution < 1.29 is 24.2 Å². The third-order valence-electron chi connectivity index (χ3n) is 5.20. The minimum Gasteiger partial charge on any atom is -0.480 e. The van der Waals surface area contributed by atoms with Crippen LogP contribution in [0, 0.1) is 5.92 Å². The van der Waals surface area contributed by atoms with Gasteiger partial charge in [-0.1, -0.05) is 19.8 Å². The number of fused-ring (bicyclic) bond motifs is 1. The average Bonchev–Trinajstić information content (AvgIpc) is 2.91. The van der Waals surface area contributed by atoms with Crippen LogP contribution in [0.1, 0.15) is 72.6 Å². The first kappa shape index (κ1) is 20.5. The average molecular weight is 368 g/mol. The topological polar surface area (TPSA) is 95.9 Å². The monoisotopic (exact) mass is 368 g/mol. The quantitative estimate of drug-likeness (QED) is 0.795. The van der Waals surface area contributed by atoms with E-state index < -0.39 is 29.7 Å². The molecule has 7 nitrogen and oxygen atoms in total. The Morgan fingerprint density at radius 2 is 1.92 bits per heavy atom. The number of carboxylic acid groups (broad SMARTS) is 1. The Kier molecular flexibility index (Phi) is 6.53. The molecule has 0 radical (unpaired) electrons. The lowest BCUT2D eigenvalue weighted by Gasteiger charge is -2.37. The van der Waals surface area contributed by atoms with Crippen LogP contribution in [0.2, 0.25) is 0 Å². The van der Waals surface area contributed by atoms with Gasteiger partial charge in [-0.3, -0.25) is 4.79 Å². The van der Waals surface area contributed by atoms with E-state index in [4.69, 9.17) is 4.74 Å². The number of hydrogen-bond acceptors (Lipinski definition) is 4. The second-order valence-electron chi connectivity index (χ2n) is 8.50. The van der Waals surface area contributed by atoms with Crippen LogP contribution in [-0.2, 0) is 14.3 Å². The first-order valence-corrected chi connectivity index (χ1v) is 9.67. The maximum absolute atomic E-state index is 13.1. The van der Waals surface area contributed by atoms with Gasteiger partial charge >= 0.3 is 12.1 Å². The first-order valence-electron chi connectivity index (χ1n) is 9.67. The lowest BCUT2D eigenvalue weighted by Crippen LogP contribution is -2.56. The van der Waals surface area contributed by atoms with E-state index in [1.165, 1.54) is 4.90 Å². The van der Waals surface area contributed by atoms with E-state index in [1.807, 2.05) is 0 Å². The van der Waals surface area contributed by atoms with E-state index in [2.05, 4.69) is 12.2 Å². The van der Waals surface area contributed by atoms with Crippen LogP contribution in [-0.4, -0.2) is 51.7 Å². The zero-order valence-electron chi connectivity index (χ0n) is 16.3. The highest BCUT2D eigenvalue weighted by Gasteiger charge is 2.45. The molecular weight excluding hydrogens is 336 g/mol. The molecule has 0 aromatic rings. The van der Waals surface area contributed by atoms with Gasteiger partial charge in [-0.25, -0.2) is 9.59 Å². The molecule has 2 rings (SSSR count). The van der Waals surface area contributed by atoms with Gasteiger partial charge in [0.05, 0.1) is 0 Å². The number of carboxylic acids is 1. The smallest absolute Gasteiger partial charge is 0.408 e. The standard InChI is InChI=1S/C19H32N2O5/c1-5-6-12-7-9-14(20-18(25)26-19(2,3)4)16(22)21-13(11-12)8-10-15(21)17(23)24/h12-15H,5-11H2,1-4H3,(H,20,25)(H,23,24)/t12-,13-,14+,15+/m1/s1. The highest BCUT2D eigenvalue weighted by Crippen LogP contribution is 2.35. The number of aliphatic carboxylic acids is 1. The molecule has 2 fully saturated rings. The van der Waals surface area contributed by atoms with E-state index in [9.17, 15) is 19.5 Å². The second kappa shape index (κ2) is 8.27. The summed E-state index contributed by atoms with van der Waals surface area (Å²) in [4.78, 5) is 38.4. The lowest BCUT2D eigenvalue weighted by molar-refractivity contribution is -0.151. The summed E-state index contributed by atoms with van der Waals surface area (Å²) in [6.45, 7) is 7.43. The zero-order chi connectivity index (χ0) is 19.5. The SMILES string of the molecule is CCC[C@@H]1CC[C@H](NC(=O)OC(C)(C)C)C(=O)N2[C@H](CC[C@H]2C(=O)O)C1. The van der Waals surface area contributed by atoms with Crippen molar-refractivity contribution in [3.05, 3.63) is 0 Å². The van der Waals surface area contributed by atoms with Crippen molar-refractivity contribution in [2.45, 2.75) is 96.4 Å². The first-order chi connectivity index (χ1) is 12.1. The molecule has 148 valence electrons. The molecule has 0 aromatic heterocycles. The van der Waals surface area contributed by atoms with Gasteiger partial charge in [0.15, 0.2) is 0 Å². The maximum atomic E-state index is 13.1. The van der Waals surface area contributed by atoms with Crippen molar-refractivity contribution in [2.24, 2.45) is 5.92 Å². The Balaban J connectivity index is 2.19.